The minimum atomic E-state index is 0.811. The minimum Gasteiger partial charge on any atom is -0.495 e. The number of nitrogens with one attached hydrogen (secondary N) is 1. The Labute approximate surface area is 122 Å². The molecule has 0 amide bonds. The van der Waals surface area contributed by atoms with Crippen LogP contribution in [0.4, 0.5) is 11.5 Å². The fourth-order valence-corrected chi connectivity index (χ4v) is 2.20. The Morgan fingerprint density at radius 3 is 2.47 bits per heavy atom. The maximum Gasteiger partial charge on any atom is 0.142 e. The normalized spacial score (nSPS) is 10.4. The summed E-state index contributed by atoms with van der Waals surface area (Å²) in [6.45, 7) is 6.15. The van der Waals surface area contributed by atoms with Gasteiger partial charge in [0.15, 0.2) is 0 Å². The summed E-state index contributed by atoms with van der Waals surface area (Å²) in [6, 6.07) is 6.14. The van der Waals surface area contributed by atoms with E-state index in [0.717, 1.165) is 32.9 Å². The third-order valence-electron chi connectivity index (χ3n) is 2.96. The standard InChI is InChI=1S/C15H17BrN2O/c1-9-5-11(3)15(13(6-9)19-4)18-14-7-10(2)12(16)8-17-14/h5-8H,1-4H3,(H,17,18). The predicted molar refractivity (Wildman–Crippen MR) is 82.4 cm³/mol. The fraction of sp³-hybridized carbons (Fsp3) is 0.267. The second kappa shape index (κ2) is 5.61. The van der Waals surface area contributed by atoms with Gasteiger partial charge in [0.2, 0.25) is 0 Å². The average Bonchev–Trinajstić information content (AvgIpc) is 2.36. The summed E-state index contributed by atoms with van der Waals surface area (Å²) in [6.07, 6.45) is 1.80. The molecule has 0 aliphatic rings. The summed E-state index contributed by atoms with van der Waals surface area (Å²) >= 11 is 3.45. The molecule has 0 aliphatic heterocycles. The Hall–Kier alpha value is -1.55. The summed E-state index contributed by atoms with van der Waals surface area (Å²) in [4.78, 5) is 4.36. The van der Waals surface area contributed by atoms with Crippen molar-refractivity contribution >= 4 is 27.4 Å². The summed E-state index contributed by atoms with van der Waals surface area (Å²) in [5.41, 5.74) is 4.42. The highest BCUT2D eigenvalue weighted by atomic mass is 79.9. The number of hydrogen-bond acceptors (Lipinski definition) is 3. The molecule has 1 aromatic carbocycles. The number of benzene rings is 1. The number of nitrogens with zero attached hydrogens (tertiary/aromatic N) is 1. The average molecular weight is 321 g/mol. The minimum absolute atomic E-state index is 0.811. The maximum absolute atomic E-state index is 5.43. The number of ether oxygens (including phenoxy) is 1. The van der Waals surface area contributed by atoms with Crippen LogP contribution in [-0.4, -0.2) is 12.1 Å². The topological polar surface area (TPSA) is 34.1 Å². The van der Waals surface area contributed by atoms with Gasteiger partial charge < -0.3 is 10.1 Å². The Bertz CT molecular complexity index is 611. The van der Waals surface area contributed by atoms with Crippen LogP contribution in [0, 0.1) is 20.8 Å². The first-order valence-corrected chi connectivity index (χ1v) is 6.85. The Morgan fingerprint density at radius 2 is 1.84 bits per heavy atom. The lowest BCUT2D eigenvalue weighted by molar-refractivity contribution is 0.416. The van der Waals surface area contributed by atoms with Crippen LogP contribution in [0.2, 0.25) is 0 Å². The van der Waals surface area contributed by atoms with E-state index in [9.17, 15) is 0 Å². The summed E-state index contributed by atoms with van der Waals surface area (Å²) < 4.78 is 6.44. The van der Waals surface area contributed by atoms with Gasteiger partial charge in [-0.25, -0.2) is 4.98 Å². The van der Waals surface area contributed by atoms with Crippen LogP contribution in [-0.2, 0) is 0 Å². The molecule has 1 aromatic heterocycles. The Kier molecular flexibility index (Phi) is 4.10. The molecule has 0 spiro atoms. The lowest BCUT2D eigenvalue weighted by Gasteiger charge is -2.15. The highest BCUT2D eigenvalue weighted by Crippen LogP contribution is 2.32. The number of hydrogen-bond donors (Lipinski definition) is 1. The Balaban J connectivity index is 2.40. The Morgan fingerprint density at radius 1 is 1.11 bits per heavy atom. The third-order valence-corrected chi connectivity index (χ3v) is 3.79. The molecule has 4 heteroatoms. The monoisotopic (exact) mass is 320 g/mol. The van der Waals surface area contributed by atoms with Crippen LogP contribution < -0.4 is 10.1 Å². The van der Waals surface area contributed by atoms with E-state index in [0.29, 0.717) is 0 Å². The predicted octanol–water partition coefficient (Wildman–Crippen LogP) is 4.52. The van der Waals surface area contributed by atoms with Gasteiger partial charge in [0.1, 0.15) is 11.6 Å². The lowest BCUT2D eigenvalue weighted by Crippen LogP contribution is -2.00. The molecule has 1 N–H and O–H groups in total. The number of methoxy groups -OCH3 is 1. The highest BCUT2D eigenvalue weighted by Gasteiger charge is 2.09. The second-order valence-electron chi connectivity index (χ2n) is 4.60. The number of aromatic nitrogens is 1. The highest BCUT2D eigenvalue weighted by molar-refractivity contribution is 9.10. The summed E-state index contributed by atoms with van der Waals surface area (Å²) in [5.74, 6) is 1.64. The zero-order valence-electron chi connectivity index (χ0n) is 11.5. The van der Waals surface area contributed by atoms with Crippen LogP contribution in [0.5, 0.6) is 5.75 Å². The van der Waals surface area contributed by atoms with E-state index in [1.807, 2.05) is 19.1 Å². The van der Waals surface area contributed by atoms with Crippen molar-refractivity contribution in [2.24, 2.45) is 0 Å². The van der Waals surface area contributed by atoms with Crippen molar-refractivity contribution in [1.82, 2.24) is 4.98 Å². The van der Waals surface area contributed by atoms with Gasteiger partial charge in [-0.3, -0.25) is 0 Å². The molecule has 19 heavy (non-hydrogen) atoms. The molecule has 0 atom stereocenters. The van der Waals surface area contributed by atoms with Crippen LogP contribution >= 0.6 is 15.9 Å². The van der Waals surface area contributed by atoms with Gasteiger partial charge in [0.25, 0.3) is 0 Å². The van der Waals surface area contributed by atoms with Crippen molar-refractivity contribution in [2.75, 3.05) is 12.4 Å². The quantitative estimate of drug-likeness (QED) is 0.902. The van der Waals surface area contributed by atoms with Gasteiger partial charge in [-0.05, 0) is 65.5 Å². The molecule has 0 saturated heterocycles. The van der Waals surface area contributed by atoms with Crippen LogP contribution in [0.25, 0.3) is 0 Å². The van der Waals surface area contributed by atoms with E-state index < -0.39 is 0 Å². The van der Waals surface area contributed by atoms with Gasteiger partial charge >= 0.3 is 0 Å². The van der Waals surface area contributed by atoms with Crippen LogP contribution in [0.3, 0.4) is 0 Å². The number of anilines is 2. The van der Waals surface area contributed by atoms with Crippen LogP contribution in [0.1, 0.15) is 16.7 Å². The molecule has 0 fully saturated rings. The molecule has 0 aliphatic carbocycles. The zero-order chi connectivity index (χ0) is 14.0. The first-order valence-electron chi connectivity index (χ1n) is 6.05. The first kappa shape index (κ1) is 13.9. The van der Waals surface area contributed by atoms with Gasteiger partial charge in [-0.15, -0.1) is 0 Å². The van der Waals surface area contributed by atoms with Crippen molar-refractivity contribution in [1.29, 1.82) is 0 Å². The smallest absolute Gasteiger partial charge is 0.142 e. The van der Waals surface area contributed by atoms with Crippen molar-refractivity contribution in [3.8, 4) is 5.75 Å². The second-order valence-corrected chi connectivity index (χ2v) is 5.46. The number of pyridine rings is 1. The van der Waals surface area contributed by atoms with Gasteiger partial charge in [0, 0.05) is 10.7 Å². The summed E-state index contributed by atoms with van der Waals surface area (Å²) in [5, 5.41) is 3.33. The molecule has 2 aromatic rings. The molecular weight excluding hydrogens is 304 g/mol. The molecule has 3 nitrogen and oxygen atoms in total. The maximum atomic E-state index is 5.43. The van der Waals surface area contributed by atoms with E-state index in [1.54, 1.807) is 13.3 Å². The van der Waals surface area contributed by atoms with E-state index in [-0.39, 0.29) is 0 Å². The molecule has 0 saturated carbocycles. The molecule has 2 rings (SSSR count). The number of aryl methyl sites for hydroxylation is 3. The van der Waals surface area contributed by atoms with Gasteiger partial charge in [0.05, 0.1) is 12.8 Å². The van der Waals surface area contributed by atoms with Gasteiger partial charge in [-0.1, -0.05) is 6.07 Å². The zero-order valence-corrected chi connectivity index (χ0v) is 13.1. The van der Waals surface area contributed by atoms with Crippen molar-refractivity contribution in [3.05, 3.63) is 45.6 Å². The van der Waals surface area contributed by atoms with E-state index in [1.165, 1.54) is 5.56 Å². The number of rotatable bonds is 3. The van der Waals surface area contributed by atoms with Gasteiger partial charge in [-0.2, -0.15) is 0 Å². The van der Waals surface area contributed by atoms with Crippen LogP contribution in [0.15, 0.2) is 28.9 Å². The molecular formula is C15H17BrN2O. The third kappa shape index (κ3) is 3.07. The largest absolute Gasteiger partial charge is 0.495 e. The van der Waals surface area contributed by atoms with E-state index >= 15 is 0 Å². The number of halogens is 1. The SMILES string of the molecule is COc1cc(C)cc(C)c1Nc1cc(C)c(Br)cn1. The van der Waals surface area contributed by atoms with Crippen molar-refractivity contribution in [2.45, 2.75) is 20.8 Å². The van der Waals surface area contributed by atoms with E-state index in [2.05, 4.69) is 46.1 Å². The first-order chi connectivity index (χ1) is 9.01. The van der Waals surface area contributed by atoms with E-state index in [4.69, 9.17) is 4.74 Å². The molecule has 0 unspecified atom stereocenters. The van der Waals surface area contributed by atoms with Crippen molar-refractivity contribution in [3.63, 3.8) is 0 Å². The molecule has 1 heterocycles. The molecule has 0 bridgehead atoms. The summed E-state index contributed by atoms with van der Waals surface area (Å²) in [7, 11) is 1.68. The molecule has 0 radical (unpaired) electrons. The molecule has 100 valence electrons. The lowest BCUT2D eigenvalue weighted by atomic mass is 10.1. The van der Waals surface area contributed by atoms with Crippen molar-refractivity contribution < 1.29 is 4.74 Å². The fourth-order valence-electron chi connectivity index (χ4n) is 1.99.